The number of aryl methyl sites for hydroxylation is 2. The standard InChI is InChI=1S/C30H41F3N4O3/c1-17-4-5-22(15-25(17)26-13-20-16-34-18(2)10-27(20)36(3)29(26)40)35-28(39)19-11-21(30(31,32)33)14-23(12-19)37-8-6-24(38)7-9-37/h10,13,16-17,19,21-25,38H,4-9,11-12,14-15H2,1-3H3,(H,35,39). The molecule has 0 radical (unpaired) electrons. The zero-order chi connectivity index (χ0) is 28.8. The smallest absolute Gasteiger partial charge is 0.391 e. The summed E-state index contributed by atoms with van der Waals surface area (Å²) in [5.41, 5.74) is 2.30. The van der Waals surface area contributed by atoms with Gasteiger partial charge in [0.2, 0.25) is 5.91 Å². The van der Waals surface area contributed by atoms with E-state index in [0.717, 1.165) is 29.4 Å². The van der Waals surface area contributed by atoms with Crippen LogP contribution in [0, 0.1) is 24.7 Å². The van der Waals surface area contributed by atoms with Gasteiger partial charge in [-0.15, -0.1) is 0 Å². The fourth-order valence-corrected chi connectivity index (χ4v) is 7.28. The van der Waals surface area contributed by atoms with Crippen molar-refractivity contribution in [2.24, 2.45) is 24.8 Å². The molecule has 2 aliphatic carbocycles. The quantitative estimate of drug-likeness (QED) is 0.576. The van der Waals surface area contributed by atoms with Crippen molar-refractivity contribution in [2.45, 2.75) is 95.5 Å². The van der Waals surface area contributed by atoms with E-state index in [2.05, 4.69) is 17.2 Å². The van der Waals surface area contributed by atoms with Crippen molar-refractivity contribution < 1.29 is 23.1 Å². The zero-order valence-corrected chi connectivity index (χ0v) is 23.6. The molecule has 1 saturated heterocycles. The maximum absolute atomic E-state index is 13.9. The number of fused-ring (bicyclic) bond motifs is 1. The lowest BCUT2D eigenvalue weighted by Gasteiger charge is -2.43. The van der Waals surface area contributed by atoms with E-state index in [1.54, 1.807) is 17.8 Å². The van der Waals surface area contributed by atoms with Crippen LogP contribution in [0.5, 0.6) is 0 Å². The molecule has 0 spiro atoms. The number of halogens is 3. The molecule has 3 aliphatic rings. The van der Waals surface area contributed by atoms with Gasteiger partial charge in [-0.3, -0.25) is 14.6 Å². The number of likely N-dealkylation sites (tertiary alicyclic amines) is 1. The maximum atomic E-state index is 13.9. The summed E-state index contributed by atoms with van der Waals surface area (Å²) in [6, 6.07) is 3.30. The maximum Gasteiger partial charge on any atom is 0.391 e. The van der Waals surface area contributed by atoms with E-state index in [-0.39, 0.29) is 48.2 Å². The Hall–Kier alpha value is -2.46. The summed E-state index contributed by atoms with van der Waals surface area (Å²) in [7, 11) is 1.76. The average Bonchev–Trinajstić information content (AvgIpc) is 2.92. The van der Waals surface area contributed by atoms with Crippen LogP contribution in [0.25, 0.3) is 10.9 Å². The Morgan fingerprint density at radius 2 is 1.80 bits per heavy atom. The molecule has 2 saturated carbocycles. The van der Waals surface area contributed by atoms with Gasteiger partial charge in [-0.05, 0) is 82.3 Å². The highest BCUT2D eigenvalue weighted by Crippen LogP contribution is 2.43. The first-order valence-electron chi connectivity index (χ1n) is 14.7. The lowest BCUT2D eigenvalue weighted by atomic mass is 9.73. The van der Waals surface area contributed by atoms with Gasteiger partial charge in [-0.2, -0.15) is 13.2 Å². The Labute approximate surface area is 233 Å². The molecule has 40 heavy (non-hydrogen) atoms. The van der Waals surface area contributed by atoms with Crippen molar-refractivity contribution in [1.82, 2.24) is 19.8 Å². The number of carbonyl (C=O) groups is 1. The van der Waals surface area contributed by atoms with Crippen LogP contribution in [-0.4, -0.2) is 62.9 Å². The Balaban J connectivity index is 1.31. The molecule has 220 valence electrons. The number of carbonyl (C=O) groups excluding carboxylic acids is 1. The first-order chi connectivity index (χ1) is 18.9. The topological polar surface area (TPSA) is 87.5 Å². The second-order valence-corrected chi connectivity index (χ2v) is 12.5. The van der Waals surface area contributed by atoms with E-state index < -0.39 is 24.1 Å². The Morgan fingerprint density at radius 3 is 2.50 bits per heavy atom. The van der Waals surface area contributed by atoms with Gasteiger partial charge in [-0.1, -0.05) is 6.92 Å². The van der Waals surface area contributed by atoms with Gasteiger partial charge in [0.25, 0.3) is 5.56 Å². The Bertz CT molecular complexity index is 1290. The van der Waals surface area contributed by atoms with Gasteiger partial charge in [0.15, 0.2) is 0 Å². The number of hydrogen-bond acceptors (Lipinski definition) is 5. The van der Waals surface area contributed by atoms with Gasteiger partial charge in [0.05, 0.1) is 17.5 Å². The number of amides is 1. The molecule has 2 aromatic heterocycles. The third kappa shape index (κ3) is 6.08. The number of pyridine rings is 2. The molecule has 3 heterocycles. The molecule has 2 N–H and O–H groups in total. The van der Waals surface area contributed by atoms with Gasteiger partial charge in [0.1, 0.15) is 0 Å². The van der Waals surface area contributed by atoms with Gasteiger partial charge in [0, 0.05) is 61.0 Å². The molecule has 6 atom stereocenters. The molecular formula is C30H41F3N4O3. The molecule has 1 aliphatic heterocycles. The minimum atomic E-state index is -4.35. The number of aliphatic hydroxyl groups is 1. The zero-order valence-electron chi connectivity index (χ0n) is 23.6. The van der Waals surface area contributed by atoms with Crippen LogP contribution >= 0.6 is 0 Å². The van der Waals surface area contributed by atoms with Crippen LogP contribution in [0.1, 0.15) is 75.5 Å². The Kier molecular flexibility index (Phi) is 8.30. The minimum absolute atomic E-state index is 0.00598. The third-order valence-electron chi connectivity index (χ3n) is 9.75. The highest BCUT2D eigenvalue weighted by molar-refractivity contribution is 5.80. The summed E-state index contributed by atoms with van der Waals surface area (Å²) in [5, 5.41) is 13.8. The molecule has 6 unspecified atom stereocenters. The molecule has 10 heteroatoms. The van der Waals surface area contributed by atoms with Gasteiger partial charge >= 0.3 is 6.18 Å². The lowest BCUT2D eigenvalue weighted by molar-refractivity contribution is -0.192. The van der Waals surface area contributed by atoms with E-state index in [9.17, 15) is 27.9 Å². The summed E-state index contributed by atoms with van der Waals surface area (Å²) in [4.78, 5) is 33.3. The average molecular weight is 563 g/mol. The number of piperidine rings is 1. The minimum Gasteiger partial charge on any atom is -0.393 e. The SMILES string of the molecule is Cc1cc2c(cn1)cc(C1CC(NC(=O)C3CC(N4CCC(O)CC4)CC(C(F)(F)F)C3)CCC1C)c(=O)n2C. The largest absolute Gasteiger partial charge is 0.393 e. The van der Waals surface area contributed by atoms with Crippen molar-refractivity contribution in [1.29, 1.82) is 0 Å². The molecule has 7 nitrogen and oxygen atoms in total. The fraction of sp³-hybridized carbons (Fsp3) is 0.700. The van der Waals surface area contributed by atoms with Crippen molar-refractivity contribution in [2.75, 3.05) is 13.1 Å². The summed E-state index contributed by atoms with van der Waals surface area (Å²) in [5.74, 6) is -2.35. The molecule has 3 fully saturated rings. The van der Waals surface area contributed by atoms with Crippen molar-refractivity contribution in [3.8, 4) is 0 Å². The predicted octanol–water partition coefficient (Wildman–Crippen LogP) is 4.43. The highest BCUT2D eigenvalue weighted by atomic mass is 19.4. The molecule has 0 aromatic carbocycles. The second kappa shape index (κ2) is 11.4. The number of aromatic nitrogens is 2. The van der Waals surface area contributed by atoms with Gasteiger partial charge < -0.3 is 19.9 Å². The predicted molar refractivity (Wildman–Crippen MR) is 147 cm³/mol. The number of hydrogen-bond donors (Lipinski definition) is 2. The molecule has 0 bridgehead atoms. The van der Waals surface area contributed by atoms with Crippen LogP contribution in [0.3, 0.4) is 0 Å². The van der Waals surface area contributed by atoms with Gasteiger partial charge in [-0.25, -0.2) is 0 Å². The first-order valence-corrected chi connectivity index (χ1v) is 14.7. The number of alkyl halides is 3. The van der Waals surface area contributed by atoms with Crippen LogP contribution in [0.15, 0.2) is 23.1 Å². The summed E-state index contributed by atoms with van der Waals surface area (Å²) >= 11 is 0. The Morgan fingerprint density at radius 1 is 1.07 bits per heavy atom. The lowest BCUT2D eigenvalue weighted by Crippen LogP contribution is -2.51. The van der Waals surface area contributed by atoms with E-state index in [1.165, 1.54) is 0 Å². The molecular weight excluding hydrogens is 521 g/mol. The molecule has 2 aromatic rings. The van der Waals surface area contributed by atoms with E-state index >= 15 is 0 Å². The van der Waals surface area contributed by atoms with Crippen LogP contribution < -0.4 is 10.9 Å². The number of nitrogens with zero attached hydrogens (tertiary/aromatic N) is 3. The number of rotatable bonds is 4. The highest BCUT2D eigenvalue weighted by Gasteiger charge is 2.48. The fourth-order valence-electron chi connectivity index (χ4n) is 7.28. The monoisotopic (exact) mass is 562 g/mol. The third-order valence-corrected chi connectivity index (χ3v) is 9.75. The molecule has 1 amide bonds. The van der Waals surface area contributed by atoms with E-state index in [0.29, 0.717) is 44.3 Å². The summed E-state index contributed by atoms with van der Waals surface area (Å²) in [6.45, 7) is 5.12. The molecule has 5 rings (SSSR count). The van der Waals surface area contributed by atoms with E-state index in [1.807, 2.05) is 24.0 Å². The van der Waals surface area contributed by atoms with Crippen LogP contribution in [0.4, 0.5) is 13.2 Å². The van der Waals surface area contributed by atoms with Crippen molar-refractivity contribution in [3.05, 3.63) is 39.9 Å². The van der Waals surface area contributed by atoms with Crippen molar-refractivity contribution in [3.63, 3.8) is 0 Å². The number of nitrogens with one attached hydrogen (secondary N) is 1. The van der Waals surface area contributed by atoms with Crippen molar-refractivity contribution >= 4 is 16.8 Å². The van der Waals surface area contributed by atoms with Crippen LogP contribution in [0.2, 0.25) is 0 Å². The summed E-state index contributed by atoms with van der Waals surface area (Å²) < 4.78 is 43.4. The second-order valence-electron chi connectivity index (χ2n) is 12.5. The van der Waals surface area contributed by atoms with E-state index in [4.69, 9.17) is 0 Å². The number of aliphatic hydroxyl groups excluding tert-OH is 1. The van der Waals surface area contributed by atoms with Crippen LogP contribution in [-0.2, 0) is 11.8 Å². The normalized spacial score (nSPS) is 30.9. The summed E-state index contributed by atoms with van der Waals surface area (Å²) in [6.07, 6.45) is 0.483. The first kappa shape index (κ1) is 29.0.